The summed E-state index contributed by atoms with van der Waals surface area (Å²) in [6, 6.07) is 0. The molecule has 0 aromatic heterocycles. The summed E-state index contributed by atoms with van der Waals surface area (Å²) in [5.41, 5.74) is 0. The van der Waals surface area contributed by atoms with Crippen LogP contribution in [0.25, 0.3) is 0 Å². The Morgan fingerprint density at radius 1 is 1.60 bits per heavy atom. The van der Waals surface area contributed by atoms with Crippen molar-refractivity contribution >= 4 is 23.0 Å². The third-order valence-corrected chi connectivity index (χ3v) is 1.20. The largest absolute Gasteiger partial charge is 0.313 e. The molecule has 0 amide bonds. The number of halogens is 1. The molecule has 0 aliphatic rings. The molecule has 0 saturated carbocycles. The number of rotatable bonds is 1. The van der Waals surface area contributed by atoms with E-state index in [1.165, 1.54) is 0 Å². The minimum atomic E-state index is 0.371. The number of hydrogen-bond donors (Lipinski definition) is 0. The summed E-state index contributed by atoms with van der Waals surface area (Å²) in [4.78, 5) is 0. The Morgan fingerprint density at radius 2 is 1.80 bits per heavy atom. The second-order valence-electron chi connectivity index (χ2n) is 1.14. The maximum atomic E-state index is 4.72. The van der Waals surface area contributed by atoms with Crippen molar-refractivity contribution < 1.29 is 3.07 Å². The third-order valence-electron chi connectivity index (χ3n) is 0.178. The van der Waals surface area contributed by atoms with E-state index in [-0.39, 0.29) is 0 Å². The third kappa shape index (κ3) is 4.69. The van der Waals surface area contributed by atoms with Gasteiger partial charge in [0.15, 0.2) is 0 Å². The lowest BCUT2D eigenvalue weighted by atomic mass is 10.5. The van der Waals surface area contributed by atoms with Gasteiger partial charge in [-0.3, -0.25) is 0 Å². The average molecular weight is 186 g/mol. The Bertz CT molecular complexity index is 20.9. The number of hydrogen-bond acceptors (Lipinski definition) is 1. The van der Waals surface area contributed by atoms with Crippen molar-refractivity contribution in [3.05, 3.63) is 0 Å². The van der Waals surface area contributed by atoms with Gasteiger partial charge in [-0.05, 0) is 13.8 Å². The van der Waals surface area contributed by atoms with Gasteiger partial charge in [-0.15, -0.1) is 0 Å². The van der Waals surface area contributed by atoms with Gasteiger partial charge in [0.1, 0.15) is 23.0 Å². The topological polar surface area (TPSA) is 9.23 Å². The first-order valence-electron chi connectivity index (χ1n) is 1.54. The van der Waals surface area contributed by atoms with Gasteiger partial charge >= 0.3 is 0 Å². The monoisotopic (exact) mass is 186 g/mol. The van der Waals surface area contributed by atoms with Crippen molar-refractivity contribution in [2.45, 2.75) is 20.0 Å². The lowest BCUT2D eigenvalue weighted by Gasteiger charge is -1.91. The van der Waals surface area contributed by atoms with Crippen molar-refractivity contribution in [3.8, 4) is 0 Å². The highest BCUT2D eigenvalue weighted by Crippen LogP contribution is 1.92. The van der Waals surface area contributed by atoms with E-state index in [0.29, 0.717) is 6.10 Å². The molecule has 0 spiro atoms. The molecule has 0 saturated heterocycles. The normalized spacial score (nSPS) is 9.60. The van der Waals surface area contributed by atoms with Crippen LogP contribution in [-0.4, -0.2) is 6.10 Å². The molecule has 0 rings (SSSR count). The van der Waals surface area contributed by atoms with Gasteiger partial charge in [-0.25, -0.2) is 0 Å². The van der Waals surface area contributed by atoms with Gasteiger partial charge in [0, 0.05) is 0 Å². The molecule has 0 unspecified atom stereocenters. The van der Waals surface area contributed by atoms with Crippen molar-refractivity contribution in [2.75, 3.05) is 0 Å². The van der Waals surface area contributed by atoms with E-state index in [4.69, 9.17) is 3.07 Å². The summed E-state index contributed by atoms with van der Waals surface area (Å²) in [5.74, 6) is 0. The van der Waals surface area contributed by atoms with Crippen molar-refractivity contribution in [3.63, 3.8) is 0 Å². The van der Waals surface area contributed by atoms with Crippen molar-refractivity contribution in [1.29, 1.82) is 0 Å². The summed E-state index contributed by atoms with van der Waals surface area (Å²) in [6.07, 6.45) is 0.371. The van der Waals surface area contributed by atoms with E-state index >= 15 is 0 Å². The summed E-state index contributed by atoms with van der Waals surface area (Å²) in [6.45, 7) is 3.98. The van der Waals surface area contributed by atoms with Gasteiger partial charge in [-0.2, -0.15) is 0 Å². The molecule has 1 nitrogen and oxygen atoms in total. The second-order valence-corrected chi connectivity index (χ2v) is 1.65. The molecule has 0 radical (unpaired) electrons. The molecule has 0 atom stereocenters. The first kappa shape index (κ1) is 5.69. The van der Waals surface area contributed by atoms with Crippen LogP contribution in [0.4, 0.5) is 0 Å². The highest BCUT2D eigenvalue weighted by atomic mass is 127. The van der Waals surface area contributed by atoms with Crippen LogP contribution in [0.5, 0.6) is 0 Å². The minimum absolute atomic E-state index is 0.371. The van der Waals surface area contributed by atoms with E-state index in [9.17, 15) is 0 Å². The van der Waals surface area contributed by atoms with Gasteiger partial charge in [0.2, 0.25) is 0 Å². The van der Waals surface area contributed by atoms with Crippen LogP contribution in [0.1, 0.15) is 13.8 Å². The Hall–Kier alpha value is 0.690. The lowest BCUT2D eigenvalue weighted by molar-refractivity contribution is 0.335. The van der Waals surface area contributed by atoms with Crippen LogP contribution in [0.2, 0.25) is 0 Å². The first-order valence-corrected chi connectivity index (χ1v) is 2.43. The Balaban J connectivity index is 2.54. The fourth-order valence-electron chi connectivity index (χ4n) is 0. The van der Waals surface area contributed by atoms with E-state index in [2.05, 4.69) is 0 Å². The molecule has 0 aromatic rings. The summed E-state index contributed by atoms with van der Waals surface area (Å²) in [7, 11) is 0. The zero-order chi connectivity index (χ0) is 4.28. The summed E-state index contributed by atoms with van der Waals surface area (Å²) in [5, 5.41) is 0. The van der Waals surface area contributed by atoms with Gasteiger partial charge < -0.3 is 3.07 Å². The highest BCUT2D eigenvalue weighted by molar-refractivity contribution is 14.1. The Kier molecular flexibility index (Phi) is 3.30. The van der Waals surface area contributed by atoms with Gasteiger partial charge in [-0.1, -0.05) is 0 Å². The Morgan fingerprint density at radius 3 is 1.80 bits per heavy atom. The van der Waals surface area contributed by atoms with Crippen LogP contribution in [0.15, 0.2) is 0 Å². The molecule has 0 fully saturated rings. The van der Waals surface area contributed by atoms with Crippen molar-refractivity contribution in [2.24, 2.45) is 0 Å². The van der Waals surface area contributed by atoms with E-state index < -0.39 is 0 Å². The fraction of sp³-hybridized carbons (Fsp3) is 1.00. The van der Waals surface area contributed by atoms with Crippen LogP contribution in [-0.2, 0) is 3.07 Å². The van der Waals surface area contributed by atoms with Crippen molar-refractivity contribution in [1.82, 2.24) is 0 Å². The Labute approximate surface area is 46.4 Å². The van der Waals surface area contributed by atoms with Crippen LogP contribution in [0, 0.1) is 0 Å². The second kappa shape index (κ2) is 2.90. The predicted molar refractivity (Wildman–Crippen MR) is 30.2 cm³/mol. The lowest BCUT2D eigenvalue weighted by Crippen LogP contribution is -1.88. The van der Waals surface area contributed by atoms with E-state index in [0.717, 1.165) is 0 Å². The molecular weight excluding hydrogens is 179 g/mol. The van der Waals surface area contributed by atoms with Crippen LogP contribution in [0.3, 0.4) is 0 Å². The fourth-order valence-corrected chi connectivity index (χ4v) is 0. The zero-order valence-corrected chi connectivity index (χ0v) is 5.52. The molecule has 32 valence electrons. The standard InChI is InChI=1S/C3H7IO/c1-3(2)5-4/h3H,1-2H3. The average Bonchev–Trinajstić information content (AvgIpc) is 1.38. The molecule has 0 heterocycles. The summed E-state index contributed by atoms with van der Waals surface area (Å²) >= 11 is 1.88. The maximum absolute atomic E-state index is 4.72. The smallest absolute Gasteiger partial charge is 0.109 e. The molecule has 2 heteroatoms. The minimum Gasteiger partial charge on any atom is -0.313 e. The maximum Gasteiger partial charge on any atom is 0.109 e. The molecular formula is C3H7IO. The molecule has 0 N–H and O–H groups in total. The van der Waals surface area contributed by atoms with Crippen LogP contribution < -0.4 is 0 Å². The molecule has 0 aliphatic carbocycles. The SMILES string of the molecule is CC(C)OI. The zero-order valence-electron chi connectivity index (χ0n) is 3.36. The quantitative estimate of drug-likeness (QED) is 0.567. The predicted octanol–water partition coefficient (Wildman–Crippen LogP) is 1.76. The summed E-state index contributed by atoms with van der Waals surface area (Å²) < 4.78 is 4.72. The first-order chi connectivity index (χ1) is 2.27. The molecule has 0 aliphatic heterocycles. The van der Waals surface area contributed by atoms with E-state index in [1.54, 1.807) is 0 Å². The molecule has 0 bridgehead atoms. The van der Waals surface area contributed by atoms with Gasteiger partial charge in [0.25, 0.3) is 0 Å². The van der Waals surface area contributed by atoms with E-state index in [1.807, 2.05) is 36.9 Å². The van der Waals surface area contributed by atoms with Gasteiger partial charge in [0.05, 0.1) is 6.10 Å². The molecule has 5 heavy (non-hydrogen) atoms. The van der Waals surface area contributed by atoms with Crippen LogP contribution >= 0.6 is 23.0 Å². The molecule has 0 aromatic carbocycles. The highest BCUT2D eigenvalue weighted by Gasteiger charge is 1.81.